The number of fused-ring (bicyclic) bond motifs is 1. The highest BCUT2D eigenvalue weighted by Crippen LogP contribution is 2.20. The Bertz CT molecular complexity index is 940. The Kier molecular flexibility index (Phi) is 7.43. The highest BCUT2D eigenvalue weighted by molar-refractivity contribution is 14.0. The summed E-state index contributed by atoms with van der Waals surface area (Å²) < 4.78 is 1.99. The average molecular weight is 505 g/mol. The van der Waals surface area contributed by atoms with Crippen molar-refractivity contribution in [2.45, 2.75) is 38.5 Å². The van der Waals surface area contributed by atoms with Crippen molar-refractivity contribution in [2.24, 2.45) is 4.99 Å². The van der Waals surface area contributed by atoms with E-state index in [-0.39, 0.29) is 24.0 Å². The zero-order valence-electron chi connectivity index (χ0n) is 16.8. The summed E-state index contributed by atoms with van der Waals surface area (Å²) in [4.78, 5) is 6.90. The molecule has 2 atom stereocenters. The van der Waals surface area contributed by atoms with Crippen LogP contribution in [0.4, 0.5) is 0 Å². The fraction of sp³-hybridized carbons (Fsp3) is 0.381. The van der Waals surface area contributed by atoms with E-state index in [0.29, 0.717) is 18.6 Å². The Morgan fingerprint density at radius 1 is 1.14 bits per heavy atom. The monoisotopic (exact) mass is 505 g/mol. The molecule has 2 unspecified atom stereocenters. The van der Waals surface area contributed by atoms with Crippen LogP contribution >= 0.6 is 24.0 Å². The molecular weight excluding hydrogens is 477 g/mol. The van der Waals surface area contributed by atoms with Crippen molar-refractivity contribution >= 4 is 35.6 Å². The molecular formula is C21H28IN7. The lowest BCUT2D eigenvalue weighted by atomic mass is 10.2. The first kappa shape index (κ1) is 21.5. The van der Waals surface area contributed by atoms with Gasteiger partial charge in [0.1, 0.15) is 0 Å². The summed E-state index contributed by atoms with van der Waals surface area (Å²) in [6, 6.07) is 17.5. The van der Waals surface area contributed by atoms with Crippen LogP contribution in [0.25, 0.3) is 5.65 Å². The van der Waals surface area contributed by atoms with Gasteiger partial charge in [-0.25, -0.2) is 0 Å². The Morgan fingerprint density at radius 2 is 1.93 bits per heavy atom. The first-order chi connectivity index (χ1) is 13.7. The normalized spacial score (nSPS) is 19.9. The van der Waals surface area contributed by atoms with Gasteiger partial charge in [-0.15, -0.1) is 34.2 Å². The number of guanidine groups is 1. The number of likely N-dealkylation sites (tertiary alicyclic amines) is 1. The van der Waals surface area contributed by atoms with E-state index in [2.05, 4.69) is 68.0 Å². The van der Waals surface area contributed by atoms with Crippen LogP contribution in [0.5, 0.6) is 0 Å². The fourth-order valence-corrected chi connectivity index (χ4v) is 3.80. The Labute approximate surface area is 188 Å². The molecule has 1 aliphatic rings. The Balaban J connectivity index is 0.00000240. The van der Waals surface area contributed by atoms with Gasteiger partial charge in [-0.2, -0.15) is 0 Å². The second-order valence-electron chi connectivity index (χ2n) is 7.31. The largest absolute Gasteiger partial charge is 0.352 e. The smallest absolute Gasteiger partial charge is 0.191 e. The topological polar surface area (TPSA) is 69.8 Å². The molecule has 3 heterocycles. The predicted molar refractivity (Wildman–Crippen MR) is 126 cm³/mol. The Hall–Kier alpha value is -2.20. The molecule has 1 aliphatic heterocycles. The van der Waals surface area contributed by atoms with Crippen LogP contribution in [0.1, 0.15) is 24.7 Å². The van der Waals surface area contributed by atoms with Crippen molar-refractivity contribution in [3.63, 3.8) is 0 Å². The lowest BCUT2D eigenvalue weighted by Gasteiger charge is -2.21. The molecule has 1 fully saturated rings. The quantitative estimate of drug-likeness (QED) is 0.317. The van der Waals surface area contributed by atoms with Gasteiger partial charge in [0, 0.05) is 38.4 Å². The average Bonchev–Trinajstić information content (AvgIpc) is 3.29. The number of benzene rings is 1. The molecule has 0 aliphatic carbocycles. The highest BCUT2D eigenvalue weighted by Gasteiger charge is 2.29. The van der Waals surface area contributed by atoms with Crippen molar-refractivity contribution in [3.8, 4) is 0 Å². The summed E-state index contributed by atoms with van der Waals surface area (Å²) in [5, 5.41) is 15.4. The first-order valence-corrected chi connectivity index (χ1v) is 9.76. The molecule has 1 aromatic carbocycles. The van der Waals surface area contributed by atoms with E-state index in [1.54, 1.807) is 7.05 Å². The third-order valence-electron chi connectivity index (χ3n) is 5.30. The van der Waals surface area contributed by atoms with Crippen LogP contribution < -0.4 is 10.6 Å². The van der Waals surface area contributed by atoms with Gasteiger partial charge in [0.15, 0.2) is 17.4 Å². The Morgan fingerprint density at radius 3 is 2.72 bits per heavy atom. The van der Waals surface area contributed by atoms with E-state index < -0.39 is 0 Å². The van der Waals surface area contributed by atoms with Gasteiger partial charge in [0.25, 0.3) is 0 Å². The number of aromatic nitrogens is 3. The maximum absolute atomic E-state index is 4.38. The van der Waals surface area contributed by atoms with Crippen LogP contribution in [0.2, 0.25) is 0 Å². The summed E-state index contributed by atoms with van der Waals surface area (Å²) in [7, 11) is 1.80. The van der Waals surface area contributed by atoms with Crippen molar-refractivity contribution in [1.82, 2.24) is 30.1 Å². The summed E-state index contributed by atoms with van der Waals surface area (Å²) in [5.74, 6) is 1.66. The molecule has 154 valence electrons. The van der Waals surface area contributed by atoms with E-state index in [1.807, 2.05) is 28.8 Å². The fourth-order valence-electron chi connectivity index (χ4n) is 3.80. The zero-order chi connectivity index (χ0) is 19.3. The van der Waals surface area contributed by atoms with E-state index in [4.69, 9.17) is 0 Å². The number of nitrogens with zero attached hydrogens (tertiary/aromatic N) is 5. The number of hydrogen-bond donors (Lipinski definition) is 2. The van der Waals surface area contributed by atoms with Gasteiger partial charge >= 0.3 is 0 Å². The highest BCUT2D eigenvalue weighted by atomic mass is 127. The van der Waals surface area contributed by atoms with Crippen molar-refractivity contribution in [2.75, 3.05) is 13.6 Å². The molecule has 2 N–H and O–H groups in total. The van der Waals surface area contributed by atoms with E-state index >= 15 is 0 Å². The summed E-state index contributed by atoms with van der Waals surface area (Å²) in [6.07, 6.45) is 3.07. The molecule has 7 nitrogen and oxygen atoms in total. The minimum atomic E-state index is 0. The second kappa shape index (κ2) is 10.0. The molecule has 29 heavy (non-hydrogen) atoms. The number of halogens is 1. The standard InChI is InChI=1S/C21H27N7.HI/c1-16-12-18(15-27(16)14-17-8-4-3-5-9-17)24-21(22-2)23-13-20-26-25-19-10-6-7-11-28(19)20;/h3-11,16,18H,12-15H2,1-2H3,(H2,22,23,24);1H. The number of rotatable bonds is 5. The van der Waals surface area contributed by atoms with Gasteiger partial charge in [0.05, 0.1) is 6.54 Å². The molecule has 1 saturated heterocycles. The molecule has 0 radical (unpaired) electrons. The number of pyridine rings is 1. The van der Waals surface area contributed by atoms with E-state index in [1.165, 1.54) is 5.56 Å². The van der Waals surface area contributed by atoms with Crippen molar-refractivity contribution in [3.05, 3.63) is 66.1 Å². The summed E-state index contributed by atoms with van der Waals surface area (Å²) in [6.45, 7) is 4.85. The van der Waals surface area contributed by atoms with Gasteiger partial charge < -0.3 is 10.6 Å². The van der Waals surface area contributed by atoms with Gasteiger partial charge in [-0.1, -0.05) is 36.4 Å². The summed E-state index contributed by atoms with van der Waals surface area (Å²) >= 11 is 0. The molecule has 0 spiro atoms. The van der Waals surface area contributed by atoms with Gasteiger partial charge in [0.2, 0.25) is 0 Å². The lowest BCUT2D eigenvalue weighted by Crippen LogP contribution is -2.44. The van der Waals surface area contributed by atoms with Crippen LogP contribution in [-0.2, 0) is 13.1 Å². The minimum Gasteiger partial charge on any atom is -0.352 e. The number of nitrogens with one attached hydrogen (secondary N) is 2. The van der Waals surface area contributed by atoms with Crippen molar-refractivity contribution < 1.29 is 0 Å². The predicted octanol–water partition coefficient (Wildman–Crippen LogP) is 2.68. The van der Waals surface area contributed by atoms with Gasteiger partial charge in [-0.05, 0) is 31.0 Å². The van der Waals surface area contributed by atoms with Crippen LogP contribution in [0.3, 0.4) is 0 Å². The molecule has 4 rings (SSSR count). The van der Waals surface area contributed by atoms with E-state index in [9.17, 15) is 0 Å². The lowest BCUT2D eigenvalue weighted by molar-refractivity contribution is 0.258. The third-order valence-corrected chi connectivity index (χ3v) is 5.30. The maximum atomic E-state index is 4.38. The molecule has 0 bridgehead atoms. The SMILES string of the molecule is CN=C(NCc1nnc2ccccn12)NC1CC(C)N(Cc2ccccc2)C1.I. The third kappa shape index (κ3) is 5.24. The van der Waals surface area contributed by atoms with Crippen molar-refractivity contribution in [1.29, 1.82) is 0 Å². The molecule has 2 aromatic heterocycles. The van der Waals surface area contributed by atoms with Crippen LogP contribution in [0, 0.1) is 0 Å². The minimum absolute atomic E-state index is 0. The molecule has 8 heteroatoms. The first-order valence-electron chi connectivity index (χ1n) is 9.76. The van der Waals surface area contributed by atoms with E-state index in [0.717, 1.165) is 36.9 Å². The summed E-state index contributed by atoms with van der Waals surface area (Å²) in [5.41, 5.74) is 2.21. The number of aliphatic imine (C=N–C) groups is 1. The molecule has 0 amide bonds. The molecule has 3 aromatic rings. The number of hydrogen-bond acceptors (Lipinski definition) is 4. The maximum Gasteiger partial charge on any atom is 0.191 e. The molecule has 0 saturated carbocycles. The second-order valence-corrected chi connectivity index (χ2v) is 7.31. The van der Waals surface area contributed by atoms with Gasteiger partial charge in [-0.3, -0.25) is 14.3 Å². The zero-order valence-corrected chi connectivity index (χ0v) is 19.2. The van der Waals surface area contributed by atoms with Crippen LogP contribution in [-0.4, -0.2) is 51.1 Å². The van der Waals surface area contributed by atoms with Crippen LogP contribution in [0.15, 0.2) is 59.7 Å².